The predicted octanol–water partition coefficient (Wildman–Crippen LogP) is 1.34. The zero-order valence-corrected chi connectivity index (χ0v) is 10.8. The third-order valence-corrected chi connectivity index (χ3v) is 4.19. The minimum atomic E-state index is -2.92. The van der Waals surface area contributed by atoms with E-state index in [-0.39, 0.29) is 5.75 Å². The molecule has 1 aromatic heterocycles. The summed E-state index contributed by atoms with van der Waals surface area (Å²) in [7, 11) is -2.92. The fourth-order valence-corrected chi connectivity index (χ4v) is 3.24. The van der Waals surface area contributed by atoms with Crippen LogP contribution in [0, 0.1) is 6.92 Å². The fourth-order valence-electron chi connectivity index (χ4n) is 1.09. The summed E-state index contributed by atoms with van der Waals surface area (Å²) in [5, 5.41) is 0.772. The first-order valence-electron chi connectivity index (χ1n) is 4.65. The molecule has 0 amide bonds. The number of rotatable bonds is 5. The number of aldehydes is 1. The lowest BCUT2D eigenvalue weighted by Crippen LogP contribution is -2.05. The van der Waals surface area contributed by atoms with E-state index in [0.717, 1.165) is 16.9 Å². The molecular formula is C10H13NO3S2. The second-order valence-corrected chi connectivity index (χ2v) is 6.83. The van der Waals surface area contributed by atoms with Gasteiger partial charge in [0.05, 0.1) is 10.8 Å². The Kier molecular flexibility index (Phi) is 4.49. The Hall–Kier alpha value is -0.880. The van der Waals surface area contributed by atoms with Crippen LogP contribution in [0.1, 0.15) is 15.9 Å². The van der Waals surface area contributed by atoms with Gasteiger partial charge < -0.3 is 0 Å². The summed E-state index contributed by atoms with van der Waals surface area (Å²) in [6.45, 7) is 1.85. The summed E-state index contributed by atoms with van der Waals surface area (Å²) in [6.07, 6.45) is 3.44. The highest BCUT2D eigenvalue weighted by Gasteiger charge is 2.06. The maximum Gasteiger partial charge on any atom is 0.151 e. The minimum absolute atomic E-state index is 0.133. The monoisotopic (exact) mass is 259 g/mol. The number of nitrogens with zero attached hydrogens (tertiary/aromatic N) is 1. The average Bonchev–Trinajstić information content (AvgIpc) is 2.18. The van der Waals surface area contributed by atoms with Gasteiger partial charge in [-0.1, -0.05) is 0 Å². The summed E-state index contributed by atoms with van der Waals surface area (Å²) in [5.41, 5.74) is 1.42. The van der Waals surface area contributed by atoms with Crippen LogP contribution >= 0.6 is 11.8 Å². The maximum atomic E-state index is 10.9. The van der Waals surface area contributed by atoms with Crippen LogP contribution < -0.4 is 0 Å². The smallest absolute Gasteiger partial charge is 0.151 e. The lowest BCUT2D eigenvalue weighted by atomic mass is 10.2. The van der Waals surface area contributed by atoms with Crippen LogP contribution in [-0.4, -0.2) is 37.4 Å². The summed E-state index contributed by atoms with van der Waals surface area (Å²) in [5.74, 6) is 0.612. The van der Waals surface area contributed by atoms with Crippen molar-refractivity contribution in [2.75, 3.05) is 17.8 Å². The normalized spacial score (nSPS) is 11.4. The highest BCUT2D eigenvalue weighted by Crippen LogP contribution is 2.20. The molecule has 0 aromatic carbocycles. The molecule has 1 heterocycles. The standard InChI is InChI=1S/C10H13NO3S2/c1-8-5-9(7-12)6-11-10(8)15-3-4-16(2,13)14/h5-7H,3-4H2,1-2H3. The molecule has 0 unspecified atom stereocenters. The molecule has 0 saturated carbocycles. The molecule has 0 bridgehead atoms. The minimum Gasteiger partial charge on any atom is -0.298 e. The van der Waals surface area contributed by atoms with Gasteiger partial charge in [-0.05, 0) is 18.6 Å². The molecule has 1 aromatic rings. The van der Waals surface area contributed by atoms with Crippen LogP contribution in [0.2, 0.25) is 0 Å². The molecule has 4 nitrogen and oxygen atoms in total. The number of carbonyl (C=O) groups excluding carboxylic acids is 1. The Balaban J connectivity index is 2.65. The van der Waals surface area contributed by atoms with Gasteiger partial charge in [-0.2, -0.15) is 0 Å². The Morgan fingerprint density at radius 2 is 2.19 bits per heavy atom. The zero-order chi connectivity index (χ0) is 12.2. The third kappa shape index (κ3) is 4.32. The van der Waals surface area contributed by atoms with Gasteiger partial charge in [-0.15, -0.1) is 11.8 Å². The van der Waals surface area contributed by atoms with Crippen molar-refractivity contribution >= 4 is 27.9 Å². The van der Waals surface area contributed by atoms with Crippen molar-refractivity contribution in [1.29, 1.82) is 0 Å². The number of hydrogen-bond acceptors (Lipinski definition) is 5. The van der Waals surface area contributed by atoms with E-state index >= 15 is 0 Å². The molecule has 0 spiro atoms. The zero-order valence-electron chi connectivity index (χ0n) is 9.13. The number of thioether (sulfide) groups is 1. The molecule has 0 N–H and O–H groups in total. The van der Waals surface area contributed by atoms with Crippen LogP contribution in [0.3, 0.4) is 0 Å². The topological polar surface area (TPSA) is 64.1 Å². The van der Waals surface area contributed by atoms with E-state index in [1.807, 2.05) is 6.92 Å². The molecule has 6 heteroatoms. The number of aromatic nitrogens is 1. The van der Waals surface area contributed by atoms with Crippen molar-refractivity contribution in [2.24, 2.45) is 0 Å². The van der Waals surface area contributed by atoms with Gasteiger partial charge in [0.25, 0.3) is 0 Å². The molecule has 0 saturated heterocycles. The largest absolute Gasteiger partial charge is 0.298 e. The Labute approximate surface area is 99.4 Å². The third-order valence-electron chi connectivity index (χ3n) is 1.88. The summed E-state index contributed by atoms with van der Waals surface area (Å²) in [4.78, 5) is 14.6. The molecule has 0 radical (unpaired) electrons. The number of hydrogen-bond donors (Lipinski definition) is 0. The molecule has 0 atom stereocenters. The number of aryl methyl sites for hydroxylation is 1. The van der Waals surface area contributed by atoms with Crippen molar-refractivity contribution in [1.82, 2.24) is 4.98 Å². The van der Waals surface area contributed by atoms with E-state index in [1.165, 1.54) is 24.2 Å². The van der Waals surface area contributed by atoms with E-state index in [0.29, 0.717) is 11.3 Å². The second-order valence-electron chi connectivity index (χ2n) is 3.49. The first kappa shape index (κ1) is 13.2. The Morgan fingerprint density at radius 1 is 1.50 bits per heavy atom. The van der Waals surface area contributed by atoms with Crippen LogP contribution in [-0.2, 0) is 9.84 Å². The lowest BCUT2D eigenvalue weighted by Gasteiger charge is -2.04. The van der Waals surface area contributed by atoms with Crippen molar-refractivity contribution in [2.45, 2.75) is 11.9 Å². The van der Waals surface area contributed by atoms with Gasteiger partial charge >= 0.3 is 0 Å². The maximum absolute atomic E-state index is 10.9. The van der Waals surface area contributed by atoms with Gasteiger partial charge in [0.15, 0.2) is 6.29 Å². The van der Waals surface area contributed by atoms with Gasteiger partial charge in [-0.25, -0.2) is 13.4 Å². The van der Waals surface area contributed by atoms with Gasteiger partial charge in [0.1, 0.15) is 9.84 Å². The summed E-state index contributed by atoms with van der Waals surface area (Å²) < 4.78 is 21.9. The summed E-state index contributed by atoms with van der Waals surface area (Å²) in [6, 6.07) is 1.74. The van der Waals surface area contributed by atoms with Crippen LogP contribution in [0.25, 0.3) is 0 Å². The van der Waals surface area contributed by atoms with E-state index < -0.39 is 9.84 Å². The van der Waals surface area contributed by atoms with Crippen molar-refractivity contribution in [3.63, 3.8) is 0 Å². The van der Waals surface area contributed by atoms with E-state index in [1.54, 1.807) is 6.07 Å². The van der Waals surface area contributed by atoms with Crippen molar-refractivity contribution in [3.05, 3.63) is 23.4 Å². The lowest BCUT2D eigenvalue weighted by molar-refractivity contribution is 0.112. The molecule has 0 aliphatic rings. The highest BCUT2D eigenvalue weighted by molar-refractivity contribution is 8.00. The van der Waals surface area contributed by atoms with Crippen LogP contribution in [0.15, 0.2) is 17.3 Å². The summed E-state index contributed by atoms with van der Waals surface area (Å²) >= 11 is 1.39. The molecule has 0 aliphatic heterocycles. The fraction of sp³-hybridized carbons (Fsp3) is 0.400. The number of sulfone groups is 1. The first-order valence-corrected chi connectivity index (χ1v) is 7.69. The Bertz CT molecular complexity index is 483. The SMILES string of the molecule is Cc1cc(C=O)cnc1SCCS(C)(=O)=O. The van der Waals surface area contributed by atoms with Gasteiger partial charge in [0.2, 0.25) is 0 Å². The van der Waals surface area contributed by atoms with Crippen LogP contribution in [0.5, 0.6) is 0 Å². The quantitative estimate of drug-likeness (QED) is 0.590. The molecule has 88 valence electrons. The van der Waals surface area contributed by atoms with Crippen LogP contribution in [0.4, 0.5) is 0 Å². The number of pyridine rings is 1. The Morgan fingerprint density at radius 3 is 2.69 bits per heavy atom. The van der Waals surface area contributed by atoms with Gasteiger partial charge in [-0.3, -0.25) is 4.79 Å². The molecule has 16 heavy (non-hydrogen) atoms. The van der Waals surface area contributed by atoms with E-state index in [2.05, 4.69) is 4.98 Å². The predicted molar refractivity (Wildman–Crippen MR) is 64.8 cm³/mol. The van der Waals surface area contributed by atoms with Gasteiger partial charge in [0, 0.05) is 23.8 Å². The molecular weight excluding hydrogens is 246 g/mol. The number of carbonyl (C=O) groups is 1. The average molecular weight is 259 g/mol. The second kappa shape index (κ2) is 5.45. The van der Waals surface area contributed by atoms with Crippen molar-refractivity contribution in [3.8, 4) is 0 Å². The van der Waals surface area contributed by atoms with E-state index in [4.69, 9.17) is 0 Å². The molecule has 0 aliphatic carbocycles. The highest BCUT2D eigenvalue weighted by atomic mass is 32.2. The van der Waals surface area contributed by atoms with E-state index in [9.17, 15) is 13.2 Å². The molecule has 1 rings (SSSR count). The first-order chi connectivity index (χ1) is 7.42. The molecule has 0 fully saturated rings. The van der Waals surface area contributed by atoms with Crippen molar-refractivity contribution < 1.29 is 13.2 Å².